The van der Waals surface area contributed by atoms with Gasteiger partial charge >= 0.3 is 5.97 Å². The van der Waals surface area contributed by atoms with Crippen LogP contribution in [-0.4, -0.2) is 42.5 Å². The molecule has 0 rings (SSSR count). The summed E-state index contributed by atoms with van der Waals surface area (Å²) in [5, 5.41) is 13.4. The normalized spacial score (nSPS) is 9.83. The van der Waals surface area contributed by atoms with Gasteiger partial charge in [-0.15, -0.1) is 0 Å². The molecule has 5 N–H and O–H groups in total. The number of aliphatic carboxylic acids is 1. The molecular formula is C11H21N3O4. The zero-order valence-corrected chi connectivity index (χ0v) is 10.4. The van der Waals surface area contributed by atoms with Crippen molar-refractivity contribution in [2.75, 3.05) is 19.6 Å². The molecule has 0 saturated carbocycles. The molecule has 2 amide bonds. The zero-order chi connectivity index (χ0) is 13.8. The van der Waals surface area contributed by atoms with E-state index in [1.807, 2.05) is 0 Å². The predicted octanol–water partition coefficient (Wildman–Crippen LogP) is -0.787. The lowest BCUT2D eigenvalue weighted by molar-refractivity contribution is -0.137. The third-order valence-electron chi connectivity index (χ3n) is 2.27. The van der Waals surface area contributed by atoms with Gasteiger partial charge in [-0.05, 0) is 12.8 Å². The Morgan fingerprint density at radius 2 is 1.61 bits per heavy atom. The van der Waals surface area contributed by atoms with Gasteiger partial charge in [0.05, 0.1) is 13.1 Å². The lowest BCUT2D eigenvalue weighted by atomic mass is 10.1. The quantitative estimate of drug-likeness (QED) is 0.383. The van der Waals surface area contributed by atoms with Crippen molar-refractivity contribution in [3.63, 3.8) is 0 Å². The first-order valence-corrected chi connectivity index (χ1v) is 6.01. The van der Waals surface area contributed by atoms with Crippen LogP contribution in [0.2, 0.25) is 0 Å². The molecule has 0 unspecified atom stereocenters. The Hall–Kier alpha value is -1.63. The molecule has 0 aliphatic carbocycles. The van der Waals surface area contributed by atoms with Gasteiger partial charge in [0, 0.05) is 13.0 Å². The Kier molecular flexibility index (Phi) is 9.57. The predicted molar refractivity (Wildman–Crippen MR) is 65.8 cm³/mol. The monoisotopic (exact) mass is 259 g/mol. The SMILES string of the molecule is NCC(=O)NCC(=O)NCCCCCCC(=O)O. The summed E-state index contributed by atoms with van der Waals surface area (Å²) in [4.78, 5) is 32.2. The minimum Gasteiger partial charge on any atom is -0.481 e. The second-order valence-corrected chi connectivity index (χ2v) is 3.89. The summed E-state index contributed by atoms with van der Waals surface area (Å²) in [5.74, 6) is -1.39. The molecule has 7 nitrogen and oxygen atoms in total. The van der Waals surface area contributed by atoms with Crippen molar-refractivity contribution in [2.24, 2.45) is 5.73 Å². The first kappa shape index (κ1) is 16.4. The number of carbonyl (C=O) groups is 3. The number of hydrogen-bond acceptors (Lipinski definition) is 4. The molecule has 0 spiro atoms. The maximum Gasteiger partial charge on any atom is 0.303 e. The minimum atomic E-state index is -0.779. The van der Waals surface area contributed by atoms with Crippen LogP contribution < -0.4 is 16.4 Å². The van der Waals surface area contributed by atoms with E-state index in [2.05, 4.69) is 10.6 Å². The fourth-order valence-electron chi connectivity index (χ4n) is 1.30. The van der Waals surface area contributed by atoms with Crippen molar-refractivity contribution in [1.29, 1.82) is 0 Å². The average Bonchev–Trinajstić information content (AvgIpc) is 2.34. The van der Waals surface area contributed by atoms with E-state index in [0.717, 1.165) is 19.3 Å². The van der Waals surface area contributed by atoms with Crippen LogP contribution in [0.1, 0.15) is 32.1 Å². The highest BCUT2D eigenvalue weighted by Crippen LogP contribution is 2.01. The third-order valence-corrected chi connectivity index (χ3v) is 2.27. The number of carboxylic acids is 1. The van der Waals surface area contributed by atoms with Crippen LogP contribution in [0, 0.1) is 0 Å². The summed E-state index contributed by atoms with van der Waals surface area (Å²) < 4.78 is 0. The highest BCUT2D eigenvalue weighted by Gasteiger charge is 2.02. The molecule has 0 aromatic carbocycles. The number of rotatable bonds is 10. The van der Waals surface area contributed by atoms with E-state index in [4.69, 9.17) is 10.8 Å². The van der Waals surface area contributed by atoms with Gasteiger partial charge in [0.15, 0.2) is 0 Å². The Bertz CT molecular complexity index is 281. The lowest BCUT2D eigenvalue weighted by Gasteiger charge is -2.05. The van der Waals surface area contributed by atoms with Crippen LogP contribution in [-0.2, 0) is 14.4 Å². The van der Waals surface area contributed by atoms with Crippen molar-refractivity contribution in [3.05, 3.63) is 0 Å². The van der Waals surface area contributed by atoms with Crippen molar-refractivity contribution in [3.8, 4) is 0 Å². The maximum absolute atomic E-state index is 11.2. The third kappa shape index (κ3) is 10.9. The van der Waals surface area contributed by atoms with E-state index in [1.54, 1.807) is 0 Å². The van der Waals surface area contributed by atoms with Crippen LogP contribution in [0.4, 0.5) is 0 Å². The number of hydrogen-bond donors (Lipinski definition) is 4. The fraction of sp³-hybridized carbons (Fsp3) is 0.727. The van der Waals surface area contributed by atoms with Crippen molar-refractivity contribution in [1.82, 2.24) is 10.6 Å². The molecule has 0 aliphatic heterocycles. The molecule has 0 radical (unpaired) electrons. The molecule has 0 atom stereocenters. The number of amides is 2. The highest BCUT2D eigenvalue weighted by atomic mass is 16.4. The number of carbonyl (C=O) groups excluding carboxylic acids is 2. The molecule has 0 saturated heterocycles. The largest absolute Gasteiger partial charge is 0.481 e. The molecule has 0 aliphatic rings. The van der Waals surface area contributed by atoms with Gasteiger partial charge in [0.25, 0.3) is 0 Å². The summed E-state index contributed by atoms with van der Waals surface area (Å²) in [6.45, 7) is 0.344. The molecule has 0 fully saturated rings. The molecule has 104 valence electrons. The summed E-state index contributed by atoms with van der Waals surface area (Å²) >= 11 is 0. The van der Waals surface area contributed by atoms with E-state index in [1.165, 1.54) is 0 Å². The Morgan fingerprint density at radius 1 is 0.944 bits per heavy atom. The molecule has 7 heteroatoms. The Labute approximate surface area is 106 Å². The second kappa shape index (κ2) is 10.5. The zero-order valence-electron chi connectivity index (χ0n) is 10.4. The average molecular weight is 259 g/mol. The first-order chi connectivity index (χ1) is 8.56. The Balaban J connectivity index is 3.30. The van der Waals surface area contributed by atoms with E-state index in [9.17, 15) is 14.4 Å². The second-order valence-electron chi connectivity index (χ2n) is 3.89. The number of nitrogens with one attached hydrogen (secondary N) is 2. The summed E-state index contributed by atoms with van der Waals surface area (Å²) in [5.41, 5.74) is 5.06. The standard InChI is InChI=1S/C11H21N3O4/c12-7-9(15)14-8-10(16)13-6-4-2-1-3-5-11(17)18/h1-8,12H2,(H,13,16)(H,14,15)(H,17,18). The molecule has 0 heterocycles. The van der Waals surface area contributed by atoms with Gasteiger partial charge in [-0.3, -0.25) is 14.4 Å². The number of unbranched alkanes of at least 4 members (excludes halogenated alkanes) is 3. The number of nitrogens with two attached hydrogens (primary N) is 1. The molecular weight excluding hydrogens is 238 g/mol. The van der Waals surface area contributed by atoms with Gasteiger partial charge in [0.1, 0.15) is 0 Å². The van der Waals surface area contributed by atoms with Crippen molar-refractivity contribution in [2.45, 2.75) is 32.1 Å². The van der Waals surface area contributed by atoms with Crippen LogP contribution >= 0.6 is 0 Å². The topological polar surface area (TPSA) is 122 Å². The van der Waals surface area contributed by atoms with Crippen molar-refractivity contribution >= 4 is 17.8 Å². The van der Waals surface area contributed by atoms with Gasteiger partial charge in [-0.1, -0.05) is 12.8 Å². The minimum absolute atomic E-state index is 0.0605. The lowest BCUT2D eigenvalue weighted by Crippen LogP contribution is -2.39. The molecule has 0 bridgehead atoms. The smallest absolute Gasteiger partial charge is 0.303 e. The van der Waals surface area contributed by atoms with E-state index in [0.29, 0.717) is 13.0 Å². The highest BCUT2D eigenvalue weighted by molar-refractivity contribution is 5.85. The van der Waals surface area contributed by atoms with Gasteiger partial charge in [-0.2, -0.15) is 0 Å². The first-order valence-electron chi connectivity index (χ1n) is 6.01. The molecule has 0 aromatic rings. The van der Waals surface area contributed by atoms with E-state index < -0.39 is 5.97 Å². The van der Waals surface area contributed by atoms with Gasteiger partial charge in [-0.25, -0.2) is 0 Å². The van der Waals surface area contributed by atoms with Gasteiger partial charge < -0.3 is 21.5 Å². The molecule has 0 aromatic heterocycles. The van der Waals surface area contributed by atoms with Gasteiger partial charge in [0.2, 0.25) is 11.8 Å². The van der Waals surface area contributed by atoms with Crippen molar-refractivity contribution < 1.29 is 19.5 Å². The maximum atomic E-state index is 11.2. The summed E-state index contributed by atoms with van der Waals surface area (Å²) in [6, 6.07) is 0. The van der Waals surface area contributed by atoms with Crippen LogP contribution in [0.3, 0.4) is 0 Å². The molecule has 18 heavy (non-hydrogen) atoms. The fourth-order valence-corrected chi connectivity index (χ4v) is 1.30. The van der Waals surface area contributed by atoms with Crippen LogP contribution in [0.5, 0.6) is 0 Å². The van der Waals surface area contributed by atoms with Crippen LogP contribution in [0.25, 0.3) is 0 Å². The summed E-state index contributed by atoms with van der Waals surface area (Å²) in [7, 11) is 0. The number of carboxylic acid groups (broad SMARTS) is 1. The van der Waals surface area contributed by atoms with E-state index in [-0.39, 0.29) is 31.3 Å². The Morgan fingerprint density at radius 3 is 2.22 bits per heavy atom. The van der Waals surface area contributed by atoms with E-state index >= 15 is 0 Å². The van der Waals surface area contributed by atoms with Crippen LogP contribution in [0.15, 0.2) is 0 Å². The summed E-state index contributed by atoms with van der Waals surface area (Å²) in [6.07, 6.45) is 3.37.